The number of aryl methyl sites for hydroxylation is 3. The molecule has 1 aromatic heterocycles. The van der Waals surface area contributed by atoms with E-state index in [0.717, 1.165) is 32.9 Å². The van der Waals surface area contributed by atoms with Crippen molar-refractivity contribution in [2.24, 2.45) is 5.16 Å². The fraction of sp³-hybridized carbons (Fsp3) is 0.129. The van der Waals surface area contributed by atoms with Gasteiger partial charge in [-0.05, 0) is 93.1 Å². The van der Waals surface area contributed by atoms with Crippen LogP contribution in [0.25, 0.3) is 21.8 Å². The zero-order chi connectivity index (χ0) is 26.3. The first-order valence-corrected chi connectivity index (χ1v) is 12.1. The van der Waals surface area contributed by atoms with E-state index in [2.05, 4.69) is 9.72 Å². The number of phenolic OH excluding ortho intramolecular Hbond substituents is 1. The normalized spacial score (nSPS) is 11.8. The molecule has 0 radical (unpaired) electrons. The van der Waals surface area contributed by atoms with Gasteiger partial charge in [0.1, 0.15) is 5.75 Å². The highest BCUT2D eigenvalue weighted by molar-refractivity contribution is 6.51. The summed E-state index contributed by atoms with van der Waals surface area (Å²) in [6, 6.07) is 22.9. The Morgan fingerprint density at radius 3 is 2.00 bits per heavy atom. The number of aromatic nitrogens is 1. The number of ketones is 2. The topological polar surface area (TPSA) is 91.9 Å². The van der Waals surface area contributed by atoms with Gasteiger partial charge < -0.3 is 14.9 Å². The number of aromatic hydroxyl groups is 1. The van der Waals surface area contributed by atoms with Gasteiger partial charge in [-0.1, -0.05) is 22.9 Å². The van der Waals surface area contributed by atoms with E-state index in [9.17, 15) is 19.9 Å². The number of oxime groups is 1. The third-order valence-electron chi connectivity index (χ3n) is 6.80. The molecule has 0 aliphatic heterocycles. The van der Waals surface area contributed by atoms with E-state index in [1.807, 2.05) is 57.2 Å². The minimum atomic E-state index is -0.383. The van der Waals surface area contributed by atoms with Crippen LogP contribution in [0.4, 0.5) is 0 Å². The molecule has 0 fully saturated rings. The zero-order valence-corrected chi connectivity index (χ0v) is 20.8. The number of rotatable bonds is 6. The third-order valence-corrected chi connectivity index (χ3v) is 6.80. The number of nitrogens with zero attached hydrogens (tertiary/aromatic N) is 2. The molecule has 0 atom stereocenters. The Morgan fingerprint density at radius 2 is 1.38 bits per heavy atom. The monoisotopic (exact) mass is 490 g/mol. The van der Waals surface area contributed by atoms with Crippen LogP contribution in [-0.4, -0.2) is 32.2 Å². The van der Waals surface area contributed by atoms with Crippen LogP contribution in [0.15, 0.2) is 84.0 Å². The van der Waals surface area contributed by atoms with Crippen LogP contribution >= 0.6 is 0 Å². The van der Waals surface area contributed by atoms with Gasteiger partial charge in [0, 0.05) is 50.6 Å². The van der Waals surface area contributed by atoms with E-state index >= 15 is 0 Å². The number of Topliss-reactive ketones (excluding diaryl/α,β-unsaturated/α-hetero) is 1. The van der Waals surface area contributed by atoms with Crippen molar-refractivity contribution in [1.29, 1.82) is 0 Å². The predicted molar refractivity (Wildman–Crippen MR) is 145 cm³/mol. The summed E-state index contributed by atoms with van der Waals surface area (Å²) in [5, 5.41) is 24.4. The van der Waals surface area contributed by atoms with Gasteiger partial charge in [-0.15, -0.1) is 0 Å². The van der Waals surface area contributed by atoms with E-state index in [4.69, 9.17) is 0 Å². The summed E-state index contributed by atoms with van der Waals surface area (Å²) in [6.45, 7) is 6.55. The van der Waals surface area contributed by atoms with Crippen LogP contribution in [0, 0.1) is 13.8 Å². The zero-order valence-electron chi connectivity index (χ0n) is 20.8. The summed E-state index contributed by atoms with van der Waals surface area (Å²) in [4.78, 5) is 26.7. The average Bonchev–Trinajstić information content (AvgIpc) is 3.23. The predicted octanol–water partition coefficient (Wildman–Crippen LogP) is 6.43. The quantitative estimate of drug-likeness (QED) is 0.124. The van der Waals surface area contributed by atoms with Crippen molar-refractivity contribution in [2.45, 2.75) is 27.3 Å². The Morgan fingerprint density at radius 1 is 0.784 bits per heavy atom. The highest BCUT2D eigenvalue weighted by atomic mass is 16.4. The third kappa shape index (κ3) is 4.16. The number of carbonyl (C=O) groups is 2. The minimum Gasteiger partial charge on any atom is -0.508 e. The van der Waals surface area contributed by atoms with Crippen molar-refractivity contribution in [3.63, 3.8) is 0 Å². The standard InChI is InChI=1S/C31H26N2O4/c1-4-33-27-13-9-21(30(35)20-7-11-23(34)12-8-20)16-25(27)26-17-22(10-14-28(26)33)31(36)29(32-37)24-15-18(2)5-6-19(24)3/h5-17,34,37H,4H2,1-3H3/b32-29+. The minimum absolute atomic E-state index is 0.0111. The van der Waals surface area contributed by atoms with Crippen molar-refractivity contribution in [3.8, 4) is 5.75 Å². The molecule has 0 saturated heterocycles. The van der Waals surface area contributed by atoms with Crippen LogP contribution in [0.2, 0.25) is 0 Å². The van der Waals surface area contributed by atoms with Crippen molar-refractivity contribution >= 4 is 39.1 Å². The summed E-state index contributed by atoms with van der Waals surface area (Å²) < 4.78 is 2.14. The fourth-order valence-electron chi connectivity index (χ4n) is 4.86. The number of benzene rings is 4. The van der Waals surface area contributed by atoms with E-state index < -0.39 is 0 Å². The fourth-order valence-corrected chi connectivity index (χ4v) is 4.86. The van der Waals surface area contributed by atoms with Gasteiger partial charge >= 0.3 is 0 Å². The molecule has 1 heterocycles. The summed E-state index contributed by atoms with van der Waals surface area (Å²) >= 11 is 0. The van der Waals surface area contributed by atoms with Gasteiger partial charge in [0.2, 0.25) is 5.78 Å². The summed E-state index contributed by atoms with van der Waals surface area (Å²) in [5.41, 5.74) is 5.66. The van der Waals surface area contributed by atoms with Crippen LogP contribution < -0.4 is 0 Å². The van der Waals surface area contributed by atoms with Gasteiger partial charge in [-0.3, -0.25) is 9.59 Å². The van der Waals surface area contributed by atoms with Gasteiger partial charge in [0.05, 0.1) is 0 Å². The molecule has 4 aromatic carbocycles. The maximum atomic E-state index is 13.5. The highest BCUT2D eigenvalue weighted by Gasteiger charge is 2.21. The van der Waals surface area contributed by atoms with Crippen molar-refractivity contribution in [1.82, 2.24) is 4.57 Å². The first-order valence-electron chi connectivity index (χ1n) is 12.1. The van der Waals surface area contributed by atoms with E-state index in [0.29, 0.717) is 28.8 Å². The smallest absolute Gasteiger partial charge is 0.215 e. The lowest BCUT2D eigenvalue weighted by molar-refractivity contribution is 0.103. The van der Waals surface area contributed by atoms with Crippen molar-refractivity contribution in [2.75, 3.05) is 0 Å². The Balaban J connectivity index is 1.64. The number of carbonyl (C=O) groups excluding carboxylic acids is 2. The summed E-state index contributed by atoms with van der Waals surface area (Å²) in [6.07, 6.45) is 0. The van der Waals surface area contributed by atoms with Gasteiger partial charge in [-0.2, -0.15) is 0 Å². The van der Waals surface area contributed by atoms with E-state index in [1.54, 1.807) is 30.3 Å². The molecule has 0 bridgehead atoms. The largest absolute Gasteiger partial charge is 0.508 e. The molecule has 5 rings (SSSR count). The van der Waals surface area contributed by atoms with Gasteiger partial charge in [0.25, 0.3) is 0 Å². The molecule has 184 valence electrons. The molecule has 6 heteroatoms. The summed E-state index contributed by atoms with van der Waals surface area (Å²) in [7, 11) is 0. The molecular formula is C31H26N2O4. The first-order chi connectivity index (χ1) is 17.8. The van der Waals surface area contributed by atoms with Crippen LogP contribution in [0.5, 0.6) is 5.75 Å². The lowest BCUT2D eigenvalue weighted by Crippen LogP contribution is -2.17. The molecule has 0 unspecified atom stereocenters. The van der Waals surface area contributed by atoms with E-state index in [1.165, 1.54) is 12.1 Å². The molecule has 37 heavy (non-hydrogen) atoms. The highest BCUT2D eigenvalue weighted by Crippen LogP contribution is 2.32. The Kier molecular flexibility index (Phi) is 6.09. The van der Waals surface area contributed by atoms with E-state index in [-0.39, 0.29) is 23.0 Å². The molecule has 5 aromatic rings. The lowest BCUT2D eigenvalue weighted by atomic mass is 9.95. The Hall–Kier alpha value is -4.71. The Bertz CT molecular complexity index is 1730. The number of hydrogen-bond acceptors (Lipinski definition) is 5. The van der Waals surface area contributed by atoms with Crippen LogP contribution in [0.3, 0.4) is 0 Å². The van der Waals surface area contributed by atoms with Crippen LogP contribution in [0.1, 0.15) is 49.9 Å². The molecule has 0 amide bonds. The maximum Gasteiger partial charge on any atom is 0.215 e. The van der Waals surface area contributed by atoms with Crippen molar-refractivity contribution in [3.05, 3.63) is 112 Å². The second-order valence-corrected chi connectivity index (χ2v) is 9.18. The second-order valence-electron chi connectivity index (χ2n) is 9.18. The van der Waals surface area contributed by atoms with Crippen molar-refractivity contribution < 1.29 is 19.9 Å². The summed E-state index contributed by atoms with van der Waals surface area (Å²) in [5.74, 6) is -0.440. The van der Waals surface area contributed by atoms with Gasteiger partial charge in [0.15, 0.2) is 11.5 Å². The number of hydrogen-bond donors (Lipinski definition) is 2. The molecule has 0 aliphatic carbocycles. The first kappa shape index (κ1) is 24.0. The van der Waals surface area contributed by atoms with Crippen LogP contribution in [-0.2, 0) is 6.54 Å². The van der Waals surface area contributed by atoms with Gasteiger partial charge in [-0.25, -0.2) is 0 Å². The molecular weight excluding hydrogens is 464 g/mol. The Labute approximate surface area is 214 Å². The number of fused-ring (bicyclic) bond motifs is 3. The second kappa shape index (κ2) is 9.39. The molecule has 2 N–H and O–H groups in total. The molecule has 0 aliphatic rings. The SMILES string of the molecule is CCn1c2ccc(C(=O)/C(=N/O)c3cc(C)ccc3C)cc2c2cc(C(=O)c3ccc(O)cc3)ccc21. The molecule has 6 nitrogen and oxygen atoms in total. The molecule has 0 saturated carbocycles. The maximum absolute atomic E-state index is 13.5. The number of phenols is 1. The molecule has 0 spiro atoms. The lowest BCUT2D eigenvalue weighted by Gasteiger charge is -2.09. The average molecular weight is 491 g/mol.